The Morgan fingerprint density at radius 2 is 1.95 bits per heavy atom. The number of nitrogens with one attached hydrogen (secondary N) is 2. The van der Waals surface area contributed by atoms with E-state index in [9.17, 15) is 4.79 Å². The zero-order valence-corrected chi connectivity index (χ0v) is 13.0. The summed E-state index contributed by atoms with van der Waals surface area (Å²) in [5, 5.41) is 8.40. The molecule has 0 amide bonds. The van der Waals surface area contributed by atoms with Crippen LogP contribution in [-0.4, -0.2) is 45.8 Å². The lowest BCUT2D eigenvalue weighted by molar-refractivity contribution is 0.0793. The molecule has 3 heterocycles. The molecule has 2 aromatic rings. The van der Waals surface area contributed by atoms with Gasteiger partial charge in [0.05, 0.1) is 11.6 Å². The Bertz CT molecular complexity index is 722. The van der Waals surface area contributed by atoms with Gasteiger partial charge in [-0.2, -0.15) is 5.10 Å². The number of hydrogen-bond donors (Lipinski definition) is 2. The van der Waals surface area contributed by atoms with Crippen molar-refractivity contribution in [3.63, 3.8) is 0 Å². The number of aromatic nitrogens is 3. The van der Waals surface area contributed by atoms with Gasteiger partial charge in [-0.3, -0.25) is 9.48 Å². The predicted octanol–water partition coefficient (Wildman–Crippen LogP) is 1.96. The van der Waals surface area contributed by atoms with E-state index in [-0.39, 0.29) is 5.56 Å². The molecule has 1 saturated carbocycles. The van der Waals surface area contributed by atoms with Crippen molar-refractivity contribution in [2.45, 2.75) is 44.2 Å². The van der Waals surface area contributed by atoms with Crippen LogP contribution in [-0.2, 0) is 0 Å². The lowest BCUT2D eigenvalue weighted by Gasteiger charge is -2.42. The van der Waals surface area contributed by atoms with E-state index in [1.54, 1.807) is 6.20 Å². The van der Waals surface area contributed by atoms with E-state index in [1.807, 2.05) is 13.1 Å². The van der Waals surface area contributed by atoms with Crippen LogP contribution in [0.25, 0.3) is 10.9 Å². The Labute approximate surface area is 129 Å². The van der Waals surface area contributed by atoms with E-state index >= 15 is 0 Å². The Kier molecular flexibility index (Phi) is 3.41. The van der Waals surface area contributed by atoms with Gasteiger partial charge in [-0.05, 0) is 51.3 Å². The number of H-pyrrole nitrogens is 1. The second-order valence-electron chi connectivity index (χ2n) is 6.46. The molecule has 6 heteroatoms. The number of likely N-dealkylation sites (tertiary alicyclic amines) is 1. The fourth-order valence-corrected chi connectivity index (χ4v) is 3.93. The molecule has 2 N–H and O–H groups in total. The quantitative estimate of drug-likeness (QED) is 0.909. The van der Waals surface area contributed by atoms with Gasteiger partial charge in [-0.1, -0.05) is 0 Å². The van der Waals surface area contributed by atoms with Crippen LogP contribution >= 0.6 is 0 Å². The van der Waals surface area contributed by atoms with Crippen LogP contribution in [0.4, 0.5) is 5.82 Å². The van der Waals surface area contributed by atoms with Crippen molar-refractivity contribution < 1.29 is 0 Å². The van der Waals surface area contributed by atoms with Crippen molar-refractivity contribution in [2.24, 2.45) is 0 Å². The van der Waals surface area contributed by atoms with E-state index in [1.165, 1.54) is 32.4 Å². The number of aromatic amines is 1. The van der Waals surface area contributed by atoms with Crippen LogP contribution in [0, 0.1) is 0 Å². The molecule has 2 fully saturated rings. The minimum Gasteiger partial charge on any atom is -0.371 e. The smallest absolute Gasteiger partial charge is 0.261 e. The van der Waals surface area contributed by atoms with Gasteiger partial charge in [-0.25, -0.2) is 0 Å². The van der Waals surface area contributed by atoms with Gasteiger partial charge in [0.1, 0.15) is 5.39 Å². The van der Waals surface area contributed by atoms with Gasteiger partial charge in [0.2, 0.25) is 0 Å². The van der Waals surface area contributed by atoms with Crippen LogP contribution in [0.3, 0.4) is 0 Å². The molecular weight excluding hydrogens is 278 g/mol. The maximum Gasteiger partial charge on any atom is 0.261 e. The van der Waals surface area contributed by atoms with E-state index < -0.39 is 0 Å². The maximum atomic E-state index is 12.1. The van der Waals surface area contributed by atoms with Crippen LogP contribution in [0.5, 0.6) is 0 Å². The van der Waals surface area contributed by atoms with Crippen molar-refractivity contribution in [3.05, 3.63) is 22.6 Å². The molecule has 0 spiro atoms. The Hall–Kier alpha value is -1.82. The number of hydrogen-bond acceptors (Lipinski definition) is 4. The second-order valence-corrected chi connectivity index (χ2v) is 6.46. The summed E-state index contributed by atoms with van der Waals surface area (Å²) in [7, 11) is 1.82. The molecule has 4 rings (SSSR count). The Morgan fingerprint density at radius 1 is 1.23 bits per heavy atom. The van der Waals surface area contributed by atoms with E-state index in [2.05, 4.69) is 25.0 Å². The van der Waals surface area contributed by atoms with Crippen molar-refractivity contribution >= 4 is 16.7 Å². The molecule has 0 unspecified atom stereocenters. The highest BCUT2D eigenvalue weighted by molar-refractivity contribution is 5.89. The fraction of sp³-hybridized carbons (Fsp3) is 0.625. The SMILES string of the molecule is CNc1nn(C2CCC(N3CCC3)CC2)c2cc[nH]c(=O)c12. The summed E-state index contributed by atoms with van der Waals surface area (Å²) in [6.45, 7) is 2.55. The van der Waals surface area contributed by atoms with Gasteiger partial charge in [0.25, 0.3) is 5.56 Å². The zero-order chi connectivity index (χ0) is 15.1. The van der Waals surface area contributed by atoms with Crippen molar-refractivity contribution in [1.29, 1.82) is 0 Å². The van der Waals surface area contributed by atoms with E-state index in [0.717, 1.165) is 24.4 Å². The highest BCUT2D eigenvalue weighted by Crippen LogP contribution is 2.34. The van der Waals surface area contributed by atoms with Crippen LogP contribution < -0.4 is 10.9 Å². The number of anilines is 1. The first-order valence-electron chi connectivity index (χ1n) is 8.29. The van der Waals surface area contributed by atoms with E-state index in [0.29, 0.717) is 17.2 Å². The molecule has 1 saturated heterocycles. The zero-order valence-electron chi connectivity index (χ0n) is 13.0. The normalized spacial score (nSPS) is 26.0. The predicted molar refractivity (Wildman–Crippen MR) is 87.4 cm³/mol. The first-order valence-corrected chi connectivity index (χ1v) is 8.29. The van der Waals surface area contributed by atoms with Crippen LogP contribution in [0.2, 0.25) is 0 Å². The largest absolute Gasteiger partial charge is 0.371 e. The number of pyridine rings is 1. The van der Waals surface area contributed by atoms with E-state index in [4.69, 9.17) is 0 Å². The minimum absolute atomic E-state index is 0.0673. The monoisotopic (exact) mass is 301 g/mol. The molecule has 2 aromatic heterocycles. The summed E-state index contributed by atoms with van der Waals surface area (Å²) in [6.07, 6.45) is 7.85. The minimum atomic E-state index is -0.0673. The third-order valence-corrected chi connectivity index (χ3v) is 5.29. The topological polar surface area (TPSA) is 66.0 Å². The standard InChI is InChI=1S/C16H23N5O/c1-17-15-14-13(7-8-18-16(14)22)21(19-15)12-5-3-11(4-6-12)20-9-2-10-20/h7-8,11-12H,2-6,9-10H2,1H3,(H,17,19)(H,18,22). The van der Waals surface area contributed by atoms with Crippen LogP contribution in [0.1, 0.15) is 38.1 Å². The number of fused-ring (bicyclic) bond motifs is 1. The first kappa shape index (κ1) is 13.8. The summed E-state index contributed by atoms with van der Waals surface area (Å²) < 4.78 is 2.07. The Balaban J connectivity index is 1.62. The number of nitrogens with zero attached hydrogens (tertiary/aromatic N) is 3. The molecule has 0 radical (unpaired) electrons. The fourth-order valence-electron chi connectivity index (χ4n) is 3.93. The summed E-state index contributed by atoms with van der Waals surface area (Å²) in [5.74, 6) is 0.682. The molecule has 1 aliphatic carbocycles. The lowest BCUT2D eigenvalue weighted by Crippen LogP contribution is -2.46. The molecule has 22 heavy (non-hydrogen) atoms. The molecule has 2 aliphatic rings. The maximum absolute atomic E-state index is 12.1. The molecule has 1 aliphatic heterocycles. The molecular formula is C16H23N5O. The van der Waals surface area contributed by atoms with Crippen molar-refractivity contribution in [2.75, 3.05) is 25.5 Å². The average Bonchev–Trinajstić information content (AvgIpc) is 2.86. The highest BCUT2D eigenvalue weighted by atomic mass is 16.1. The summed E-state index contributed by atoms with van der Waals surface area (Å²) in [4.78, 5) is 17.4. The average molecular weight is 301 g/mol. The molecule has 6 nitrogen and oxygen atoms in total. The highest BCUT2D eigenvalue weighted by Gasteiger charge is 2.30. The van der Waals surface area contributed by atoms with Crippen LogP contribution in [0.15, 0.2) is 17.1 Å². The van der Waals surface area contributed by atoms with Crippen molar-refractivity contribution in [1.82, 2.24) is 19.7 Å². The third kappa shape index (κ3) is 2.13. The van der Waals surface area contributed by atoms with Crippen molar-refractivity contribution in [3.8, 4) is 0 Å². The Morgan fingerprint density at radius 3 is 2.59 bits per heavy atom. The lowest BCUT2D eigenvalue weighted by atomic mass is 9.89. The molecule has 0 aromatic carbocycles. The second kappa shape index (κ2) is 5.43. The third-order valence-electron chi connectivity index (χ3n) is 5.29. The summed E-state index contributed by atoms with van der Waals surface area (Å²) in [6, 6.07) is 3.13. The summed E-state index contributed by atoms with van der Waals surface area (Å²) >= 11 is 0. The van der Waals surface area contributed by atoms with Gasteiger partial charge in [-0.15, -0.1) is 0 Å². The van der Waals surface area contributed by atoms with Gasteiger partial charge >= 0.3 is 0 Å². The first-order chi connectivity index (χ1) is 10.8. The molecule has 0 bridgehead atoms. The van der Waals surface area contributed by atoms with Gasteiger partial charge in [0.15, 0.2) is 5.82 Å². The summed E-state index contributed by atoms with van der Waals surface area (Å²) in [5.41, 5.74) is 0.878. The molecule has 0 atom stereocenters. The molecule has 118 valence electrons. The van der Waals surface area contributed by atoms with Gasteiger partial charge in [0, 0.05) is 19.3 Å². The van der Waals surface area contributed by atoms with Gasteiger partial charge < -0.3 is 15.2 Å². The number of rotatable bonds is 3.